The largest absolute Gasteiger partial charge is 0.379 e. The maximum atomic E-state index is 12.2. The Balaban J connectivity index is 2.32. The zero-order valence-corrected chi connectivity index (χ0v) is 11.4. The fourth-order valence-corrected chi connectivity index (χ4v) is 3.37. The number of hydrogen-bond acceptors (Lipinski definition) is 5. The van der Waals surface area contributed by atoms with Crippen molar-refractivity contribution < 1.29 is 18.1 Å². The van der Waals surface area contributed by atoms with Gasteiger partial charge in [0, 0.05) is 31.8 Å². The van der Waals surface area contributed by atoms with Crippen LogP contribution in [-0.2, 0) is 14.8 Å². The van der Waals surface area contributed by atoms with Gasteiger partial charge < -0.3 is 4.74 Å². The fourth-order valence-electron chi connectivity index (χ4n) is 1.84. The number of ether oxygens (including phenoxy) is 1. The SMILES string of the molecule is COC1CN(S(=O)(=O)c2ccc(C)c([N+](=O)[O-])c2)C1. The van der Waals surface area contributed by atoms with Crippen LogP contribution in [-0.4, -0.2) is 43.9 Å². The molecular formula is C11H14N2O5S. The lowest BCUT2D eigenvalue weighted by Gasteiger charge is -2.36. The lowest BCUT2D eigenvalue weighted by molar-refractivity contribution is -0.385. The van der Waals surface area contributed by atoms with Gasteiger partial charge >= 0.3 is 0 Å². The van der Waals surface area contributed by atoms with Gasteiger partial charge in [0.05, 0.1) is 15.9 Å². The third-order valence-corrected chi connectivity index (χ3v) is 4.99. The highest BCUT2D eigenvalue weighted by Gasteiger charge is 2.37. The zero-order valence-electron chi connectivity index (χ0n) is 10.6. The molecule has 0 aromatic heterocycles. The van der Waals surface area contributed by atoms with Crippen LogP contribution in [0.2, 0.25) is 0 Å². The highest BCUT2D eigenvalue weighted by molar-refractivity contribution is 7.89. The first kappa shape index (κ1) is 13.9. The third-order valence-electron chi connectivity index (χ3n) is 3.16. The normalized spacial score (nSPS) is 17.2. The molecule has 1 heterocycles. The molecule has 1 aromatic carbocycles. The second kappa shape index (κ2) is 4.87. The van der Waals surface area contributed by atoms with E-state index in [0.717, 1.165) is 6.07 Å². The monoisotopic (exact) mass is 286 g/mol. The predicted octanol–water partition coefficient (Wildman–Crippen LogP) is 0.923. The van der Waals surface area contributed by atoms with E-state index >= 15 is 0 Å². The van der Waals surface area contributed by atoms with Gasteiger partial charge in [-0.05, 0) is 13.0 Å². The van der Waals surface area contributed by atoms with Crippen LogP contribution in [0.15, 0.2) is 23.1 Å². The molecule has 0 aliphatic carbocycles. The summed E-state index contributed by atoms with van der Waals surface area (Å²) in [7, 11) is -2.15. The van der Waals surface area contributed by atoms with E-state index in [1.165, 1.54) is 23.5 Å². The molecule has 0 amide bonds. The van der Waals surface area contributed by atoms with Gasteiger partial charge in [-0.25, -0.2) is 8.42 Å². The number of nitro groups is 1. The topological polar surface area (TPSA) is 89.8 Å². The van der Waals surface area contributed by atoms with Crippen molar-refractivity contribution >= 4 is 15.7 Å². The highest BCUT2D eigenvalue weighted by atomic mass is 32.2. The summed E-state index contributed by atoms with van der Waals surface area (Å²) in [4.78, 5) is 10.2. The summed E-state index contributed by atoms with van der Waals surface area (Å²) in [6, 6.07) is 3.93. The minimum atomic E-state index is -3.67. The smallest absolute Gasteiger partial charge is 0.273 e. The van der Waals surface area contributed by atoms with E-state index in [2.05, 4.69) is 0 Å². The standard InChI is InChI=1S/C11H14N2O5S/c1-8-3-4-10(5-11(8)13(14)15)19(16,17)12-6-9(7-12)18-2/h3-5,9H,6-7H2,1-2H3. The molecule has 1 saturated heterocycles. The van der Waals surface area contributed by atoms with Crippen molar-refractivity contribution in [1.82, 2.24) is 4.31 Å². The van der Waals surface area contributed by atoms with Crippen molar-refractivity contribution in [2.24, 2.45) is 0 Å². The number of sulfonamides is 1. The van der Waals surface area contributed by atoms with Gasteiger partial charge in [0.25, 0.3) is 5.69 Å². The molecular weight excluding hydrogens is 272 g/mol. The second-order valence-electron chi connectivity index (χ2n) is 4.39. The molecule has 0 atom stereocenters. The molecule has 0 unspecified atom stereocenters. The van der Waals surface area contributed by atoms with Crippen LogP contribution in [0, 0.1) is 17.0 Å². The summed E-state index contributed by atoms with van der Waals surface area (Å²) in [5, 5.41) is 10.8. The predicted molar refractivity (Wildman–Crippen MR) is 67.4 cm³/mol. The third kappa shape index (κ3) is 2.46. The molecule has 104 valence electrons. The molecule has 1 aliphatic rings. The van der Waals surface area contributed by atoms with Gasteiger partial charge in [-0.2, -0.15) is 4.31 Å². The van der Waals surface area contributed by atoms with Crippen molar-refractivity contribution in [3.8, 4) is 0 Å². The Bertz CT molecular complexity index is 608. The Hall–Kier alpha value is -1.51. The number of methoxy groups -OCH3 is 1. The number of benzene rings is 1. The van der Waals surface area contributed by atoms with E-state index in [9.17, 15) is 18.5 Å². The summed E-state index contributed by atoms with van der Waals surface area (Å²) in [6.45, 7) is 2.13. The molecule has 0 spiro atoms. The van der Waals surface area contributed by atoms with Crippen LogP contribution in [0.5, 0.6) is 0 Å². The molecule has 2 rings (SSSR count). The Morgan fingerprint density at radius 1 is 1.42 bits per heavy atom. The minimum Gasteiger partial charge on any atom is -0.379 e. The summed E-state index contributed by atoms with van der Waals surface area (Å²) in [6.07, 6.45) is -0.102. The quantitative estimate of drug-likeness (QED) is 0.606. The lowest BCUT2D eigenvalue weighted by Crippen LogP contribution is -2.54. The van der Waals surface area contributed by atoms with Crippen molar-refractivity contribution in [3.05, 3.63) is 33.9 Å². The second-order valence-corrected chi connectivity index (χ2v) is 6.32. The average molecular weight is 286 g/mol. The van der Waals surface area contributed by atoms with Gasteiger partial charge in [0.2, 0.25) is 10.0 Å². The van der Waals surface area contributed by atoms with Crippen molar-refractivity contribution in [1.29, 1.82) is 0 Å². The van der Waals surface area contributed by atoms with Crippen LogP contribution in [0.4, 0.5) is 5.69 Å². The van der Waals surface area contributed by atoms with Gasteiger partial charge in [0.1, 0.15) is 0 Å². The van der Waals surface area contributed by atoms with E-state index in [1.54, 1.807) is 6.92 Å². The Kier molecular flexibility index (Phi) is 3.57. The van der Waals surface area contributed by atoms with Crippen LogP contribution in [0.3, 0.4) is 0 Å². The maximum Gasteiger partial charge on any atom is 0.273 e. The summed E-state index contributed by atoms with van der Waals surface area (Å²) >= 11 is 0. The molecule has 7 nitrogen and oxygen atoms in total. The first-order valence-corrected chi connectivity index (χ1v) is 7.08. The Labute approximate surface area is 111 Å². The van der Waals surface area contributed by atoms with Crippen LogP contribution in [0.1, 0.15) is 5.56 Å². The number of nitrogens with zero attached hydrogens (tertiary/aromatic N) is 2. The van der Waals surface area contributed by atoms with Gasteiger partial charge in [-0.15, -0.1) is 0 Å². The number of hydrogen-bond donors (Lipinski definition) is 0. The van der Waals surface area contributed by atoms with Crippen LogP contribution in [0.25, 0.3) is 0 Å². The number of aryl methyl sites for hydroxylation is 1. The minimum absolute atomic E-state index is 0.0562. The number of rotatable bonds is 4. The van der Waals surface area contributed by atoms with Crippen molar-refractivity contribution in [2.75, 3.05) is 20.2 Å². The maximum absolute atomic E-state index is 12.2. The molecule has 0 radical (unpaired) electrons. The molecule has 19 heavy (non-hydrogen) atoms. The van der Waals surface area contributed by atoms with E-state index in [4.69, 9.17) is 4.74 Å². The molecule has 1 fully saturated rings. The lowest BCUT2D eigenvalue weighted by atomic mass is 10.2. The average Bonchev–Trinajstić information content (AvgIpc) is 2.27. The Morgan fingerprint density at radius 3 is 2.58 bits per heavy atom. The molecule has 0 saturated carbocycles. The molecule has 8 heteroatoms. The molecule has 0 N–H and O–H groups in total. The van der Waals surface area contributed by atoms with Crippen molar-refractivity contribution in [2.45, 2.75) is 17.9 Å². The van der Waals surface area contributed by atoms with E-state index in [-0.39, 0.29) is 29.8 Å². The summed E-state index contributed by atoms with van der Waals surface area (Å²) in [5.41, 5.74) is 0.243. The van der Waals surface area contributed by atoms with Gasteiger partial charge in [0.15, 0.2) is 0 Å². The zero-order chi connectivity index (χ0) is 14.2. The van der Waals surface area contributed by atoms with E-state index < -0.39 is 14.9 Å². The fraction of sp³-hybridized carbons (Fsp3) is 0.455. The van der Waals surface area contributed by atoms with Crippen LogP contribution >= 0.6 is 0 Å². The van der Waals surface area contributed by atoms with Crippen molar-refractivity contribution in [3.63, 3.8) is 0 Å². The molecule has 1 aromatic rings. The molecule has 0 bridgehead atoms. The first-order valence-electron chi connectivity index (χ1n) is 5.64. The van der Waals surface area contributed by atoms with Gasteiger partial charge in [-0.3, -0.25) is 10.1 Å². The number of nitro benzene ring substituents is 1. The first-order chi connectivity index (χ1) is 8.86. The summed E-state index contributed by atoms with van der Waals surface area (Å²) in [5.74, 6) is 0. The van der Waals surface area contributed by atoms with E-state index in [1.807, 2.05) is 0 Å². The highest BCUT2D eigenvalue weighted by Crippen LogP contribution is 2.27. The summed E-state index contributed by atoms with van der Waals surface area (Å²) < 4.78 is 30.7. The van der Waals surface area contributed by atoms with E-state index in [0.29, 0.717) is 5.56 Å². The van der Waals surface area contributed by atoms with Crippen LogP contribution < -0.4 is 0 Å². The Morgan fingerprint density at radius 2 is 2.05 bits per heavy atom. The molecule has 1 aliphatic heterocycles. The van der Waals surface area contributed by atoms with Gasteiger partial charge in [-0.1, -0.05) is 6.07 Å².